The molecule has 0 amide bonds. The van der Waals surface area contributed by atoms with Gasteiger partial charge in [-0.25, -0.2) is 4.39 Å². The molecule has 1 atom stereocenters. The second-order valence-electron chi connectivity index (χ2n) is 3.56. The van der Waals surface area contributed by atoms with Gasteiger partial charge in [0.25, 0.3) is 0 Å². The maximum atomic E-state index is 13.8. The fourth-order valence-electron chi connectivity index (χ4n) is 1.48. The van der Waals surface area contributed by atoms with Crippen LogP contribution >= 0.6 is 50.5 Å². The van der Waals surface area contributed by atoms with Crippen molar-refractivity contribution in [3.63, 3.8) is 0 Å². The molecule has 0 nitrogen and oxygen atoms in total. The van der Waals surface area contributed by atoms with E-state index in [0.29, 0.717) is 5.56 Å². The zero-order chi connectivity index (χ0) is 12.6. The Morgan fingerprint density at radius 1 is 1.41 bits per heavy atom. The second-order valence-corrected chi connectivity index (χ2v) is 6.54. The lowest BCUT2D eigenvalue weighted by molar-refractivity contribution is 0.613. The maximum absolute atomic E-state index is 13.8. The molecular formula is C12H8BrCl2FS. The molecule has 0 aliphatic carbocycles. The minimum absolute atomic E-state index is 0.0977. The van der Waals surface area contributed by atoms with Crippen LogP contribution in [0.15, 0.2) is 28.7 Å². The van der Waals surface area contributed by atoms with E-state index in [1.807, 2.05) is 13.0 Å². The number of rotatable bonds is 2. The van der Waals surface area contributed by atoms with Gasteiger partial charge in [-0.2, -0.15) is 0 Å². The summed E-state index contributed by atoms with van der Waals surface area (Å²) in [5.41, 5.74) is 0.410. The van der Waals surface area contributed by atoms with E-state index in [-0.39, 0.29) is 5.02 Å². The highest BCUT2D eigenvalue weighted by molar-refractivity contribution is 9.10. The summed E-state index contributed by atoms with van der Waals surface area (Å²) in [6.45, 7) is 1.98. The van der Waals surface area contributed by atoms with Gasteiger partial charge in [0.05, 0.1) is 10.4 Å². The number of hydrogen-bond donors (Lipinski definition) is 0. The predicted octanol–water partition coefficient (Wildman–Crippen LogP) is 5.94. The molecule has 17 heavy (non-hydrogen) atoms. The van der Waals surface area contributed by atoms with Crippen molar-refractivity contribution in [2.24, 2.45) is 0 Å². The molecule has 0 saturated heterocycles. The Bertz CT molecular complexity index is 534. The van der Waals surface area contributed by atoms with E-state index < -0.39 is 11.2 Å². The van der Waals surface area contributed by atoms with E-state index in [1.165, 1.54) is 6.07 Å². The van der Waals surface area contributed by atoms with E-state index in [4.69, 9.17) is 23.2 Å². The first-order valence-corrected chi connectivity index (χ1v) is 7.27. The van der Waals surface area contributed by atoms with Crippen LogP contribution < -0.4 is 0 Å². The summed E-state index contributed by atoms with van der Waals surface area (Å²) in [5.74, 6) is -0.448. The van der Waals surface area contributed by atoms with Crippen molar-refractivity contribution in [3.05, 3.63) is 54.9 Å². The van der Waals surface area contributed by atoms with Crippen LogP contribution in [0.5, 0.6) is 0 Å². The largest absolute Gasteiger partial charge is 0.205 e. The third-order valence-corrected chi connectivity index (χ3v) is 5.47. The Morgan fingerprint density at radius 3 is 2.71 bits per heavy atom. The minimum atomic E-state index is -0.510. The molecule has 0 bridgehead atoms. The normalized spacial score (nSPS) is 12.8. The minimum Gasteiger partial charge on any atom is -0.205 e. The van der Waals surface area contributed by atoms with E-state index in [9.17, 15) is 4.39 Å². The van der Waals surface area contributed by atoms with Crippen LogP contribution in [0.2, 0.25) is 5.02 Å². The lowest BCUT2D eigenvalue weighted by atomic mass is 10.1. The van der Waals surface area contributed by atoms with Crippen molar-refractivity contribution >= 4 is 50.5 Å². The van der Waals surface area contributed by atoms with Gasteiger partial charge in [0, 0.05) is 19.8 Å². The van der Waals surface area contributed by atoms with Crippen LogP contribution in [-0.4, -0.2) is 0 Å². The van der Waals surface area contributed by atoms with Crippen LogP contribution in [0.3, 0.4) is 0 Å². The van der Waals surface area contributed by atoms with Crippen LogP contribution in [0.1, 0.15) is 20.7 Å². The molecule has 1 aromatic carbocycles. The van der Waals surface area contributed by atoms with Gasteiger partial charge in [0.15, 0.2) is 0 Å². The number of thiophene rings is 1. The van der Waals surface area contributed by atoms with E-state index >= 15 is 0 Å². The lowest BCUT2D eigenvalue weighted by Gasteiger charge is -2.09. The summed E-state index contributed by atoms with van der Waals surface area (Å²) in [6.07, 6.45) is 0. The lowest BCUT2D eigenvalue weighted by Crippen LogP contribution is -1.95. The number of halogens is 4. The zero-order valence-corrected chi connectivity index (χ0v) is 12.7. The molecule has 2 aromatic rings. The van der Waals surface area contributed by atoms with Crippen molar-refractivity contribution < 1.29 is 4.39 Å². The summed E-state index contributed by atoms with van der Waals surface area (Å²) in [7, 11) is 0. The first-order chi connectivity index (χ1) is 8.00. The molecule has 1 aromatic heterocycles. The fourth-order valence-corrected chi connectivity index (χ4v) is 3.58. The van der Waals surface area contributed by atoms with E-state index in [0.717, 1.165) is 14.2 Å². The highest BCUT2D eigenvalue weighted by Crippen LogP contribution is 2.39. The smallest absolute Gasteiger partial charge is 0.146 e. The van der Waals surface area contributed by atoms with Crippen molar-refractivity contribution in [1.82, 2.24) is 0 Å². The van der Waals surface area contributed by atoms with Gasteiger partial charge in [-0.3, -0.25) is 0 Å². The summed E-state index contributed by atoms with van der Waals surface area (Å²) >= 11 is 17.0. The molecule has 1 unspecified atom stereocenters. The molecule has 0 aliphatic heterocycles. The topological polar surface area (TPSA) is 0 Å². The summed E-state index contributed by atoms with van der Waals surface area (Å²) in [4.78, 5) is 2.02. The molecule has 0 N–H and O–H groups in total. The third kappa shape index (κ3) is 2.68. The number of hydrogen-bond acceptors (Lipinski definition) is 1. The first kappa shape index (κ1) is 13.3. The monoisotopic (exact) mass is 352 g/mol. The van der Waals surface area contributed by atoms with E-state index in [1.54, 1.807) is 23.5 Å². The average Bonchev–Trinajstić information content (AvgIpc) is 2.62. The van der Waals surface area contributed by atoms with Gasteiger partial charge in [-0.15, -0.1) is 22.9 Å². The molecule has 0 saturated carbocycles. The highest BCUT2D eigenvalue weighted by atomic mass is 79.9. The number of aryl methyl sites for hydroxylation is 1. The van der Waals surface area contributed by atoms with Crippen LogP contribution in [0.4, 0.5) is 4.39 Å². The molecule has 2 rings (SSSR count). The summed E-state index contributed by atoms with van der Waals surface area (Å²) < 4.78 is 14.8. The van der Waals surface area contributed by atoms with Crippen LogP contribution in [-0.2, 0) is 0 Å². The molecule has 0 aliphatic rings. The molecule has 5 heteroatoms. The van der Waals surface area contributed by atoms with Crippen LogP contribution in [0, 0.1) is 12.7 Å². The Balaban J connectivity index is 2.43. The average molecular weight is 354 g/mol. The fraction of sp³-hybridized carbons (Fsp3) is 0.167. The van der Waals surface area contributed by atoms with Gasteiger partial charge in [-0.1, -0.05) is 23.7 Å². The Hall–Kier alpha value is -0.0900. The quantitative estimate of drug-likeness (QED) is 0.586. The Morgan fingerprint density at radius 2 is 2.12 bits per heavy atom. The van der Waals surface area contributed by atoms with Gasteiger partial charge >= 0.3 is 0 Å². The maximum Gasteiger partial charge on any atom is 0.146 e. The Kier molecular flexibility index (Phi) is 4.14. The molecular weight excluding hydrogens is 346 g/mol. The van der Waals surface area contributed by atoms with Crippen molar-refractivity contribution in [1.29, 1.82) is 0 Å². The van der Waals surface area contributed by atoms with E-state index in [2.05, 4.69) is 15.9 Å². The summed E-state index contributed by atoms with van der Waals surface area (Å²) in [5, 5.41) is -0.413. The van der Waals surface area contributed by atoms with Crippen molar-refractivity contribution in [2.75, 3.05) is 0 Å². The molecule has 90 valence electrons. The highest BCUT2D eigenvalue weighted by Gasteiger charge is 2.19. The Labute approximate surface area is 121 Å². The van der Waals surface area contributed by atoms with Gasteiger partial charge in [0.2, 0.25) is 0 Å². The van der Waals surface area contributed by atoms with Gasteiger partial charge in [-0.05, 0) is 35.0 Å². The van der Waals surface area contributed by atoms with Gasteiger partial charge < -0.3 is 0 Å². The SMILES string of the molecule is Cc1sc(C(Cl)c2cccc(Cl)c2F)cc1Br. The van der Waals surface area contributed by atoms with Crippen molar-refractivity contribution in [3.8, 4) is 0 Å². The first-order valence-electron chi connectivity index (χ1n) is 4.84. The molecule has 0 fully saturated rings. The molecule has 0 radical (unpaired) electrons. The van der Waals surface area contributed by atoms with Crippen molar-refractivity contribution in [2.45, 2.75) is 12.3 Å². The number of alkyl halides is 1. The second kappa shape index (κ2) is 5.27. The number of benzene rings is 1. The summed E-state index contributed by atoms with van der Waals surface area (Å²) in [6, 6.07) is 6.78. The molecule has 0 spiro atoms. The third-order valence-electron chi connectivity index (χ3n) is 2.38. The molecule has 1 heterocycles. The standard InChI is InChI=1S/C12H8BrCl2FS/c1-6-8(13)5-10(17-6)11(15)7-3-2-4-9(14)12(7)16/h2-5,11H,1H3. The predicted molar refractivity (Wildman–Crippen MR) is 75.9 cm³/mol. The van der Waals surface area contributed by atoms with Gasteiger partial charge in [0.1, 0.15) is 5.82 Å². The zero-order valence-electron chi connectivity index (χ0n) is 8.81. The van der Waals surface area contributed by atoms with Crippen LogP contribution in [0.25, 0.3) is 0 Å².